The van der Waals surface area contributed by atoms with Crippen molar-refractivity contribution in [3.05, 3.63) is 57.2 Å². The van der Waals surface area contributed by atoms with Crippen LogP contribution in [0.4, 0.5) is 5.69 Å². The van der Waals surface area contributed by atoms with Gasteiger partial charge in [-0.25, -0.2) is 0 Å². The van der Waals surface area contributed by atoms with Crippen LogP contribution in [0, 0.1) is 13.8 Å². The van der Waals surface area contributed by atoms with Gasteiger partial charge in [-0.1, -0.05) is 25.1 Å². The van der Waals surface area contributed by atoms with Gasteiger partial charge in [0.2, 0.25) is 11.5 Å². The molecule has 25 heavy (non-hydrogen) atoms. The molecule has 6 nitrogen and oxygen atoms in total. The molecule has 130 valence electrons. The Labute approximate surface area is 145 Å². The van der Waals surface area contributed by atoms with Gasteiger partial charge in [0.1, 0.15) is 5.76 Å². The number of hydrogen-bond donors (Lipinski definition) is 2. The van der Waals surface area contributed by atoms with E-state index < -0.39 is 0 Å². The first-order valence-corrected chi connectivity index (χ1v) is 8.23. The molecule has 2 N–H and O–H groups in total. The van der Waals surface area contributed by atoms with E-state index in [9.17, 15) is 9.59 Å². The van der Waals surface area contributed by atoms with Crippen LogP contribution in [-0.4, -0.2) is 16.0 Å². The molecule has 3 aromatic rings. The molecule has 0 saturated carbocycles. The van der Waals surface area contributed by atoms with Crippen molar-refractivity contribution < 1.29 is 9.32 Å². The first-order valence-electron chi connectivity index (χ1n) is 8.23. The molecule has 0 unspecified atom stereocenters. The predicted octanol–water partition coefficient (Wildman–Crippen LogP) is 3.44. The van der Waals surface area contributed by atoms with E-state index in [4.69, 9.17) is 4.52 Å². The van der Waals surface area contributed by atoms with E-state index in [1.165, 1.54) is 0 Å². The maximum Gasteiger partial charge on any atom is 0.248 e. The van der Waals surface area contributed by atoms with Crippen molar-refractivity contribution in [2.24, 2.45) is 0 Å². The monoisotopic (exact) mass is 339 g/mol. The smallest absolute Gasteiger partial charge is 0.248 e. The van der Waals surface area contributed by atoms with Crippen LogP contribution in [0.3, 0.4) is 0 Å². The topological polar surface area (TPSA) is 88.0 Å². The second kappa shape index (κ2) is 6.55. The third-order valence-electron chi connectivity index (χ3n) is 4.30. The number of H-pyrrole nitrogens is 1. The van der Waals surface area contributed by atoms with Gasteiger partial charge in [0, 0.05) is 22.7 Å². The third kappa shape index (κ3) is 3.47. The van der Waals surface area contributed by atoms with Gasteiger partial charge in [0.15, 0.2) is 0 Å². The fraction of sp³-hybridized carbons (Fsp3) is 0.316. The Hall–Kier alpha value is -2.89. The quantitative estimate of drug-likeness (QED) is 0.762. The SMILES string of the molecule is Cc1noc(C)c1CC(=O)Nc1ccc2c(C(C)C)cc(=O)[nH]c2c1. The van der Waals surface area contributed by atoms with E-state index in [1.807, 2.05) is 32.9 Å². The number of nitrogens with one attached hydrogen (secondary N) is 2. The molecule has 0 saturated heterocycles. The van der Waals surface area contributed by atoms with Crippen LogP contribution in [0.5, 0.6) is 0 Å². The average Bonchev–Trinajstić information content (AvgIpc) is 2.85. The van der Waals surface area contributed by atoms with Gasteiger partial charge in [-0.3, -0.25) is 9.59 Å². The number of rotatable bonds is 4. The molecule has 0 radical (unpaired) electrons. The van der Waals surface area contributed by atoms with Crippen molar-refractivity contribution in [2.75, 3.05) is 5.32 Å². The molecule has 0 bridgehead atoms. The minimum atomic E-state index is -0.156. The normalized spacial score (nSPS) is 11.2. The maximum atomic E-state index is 12.3. The Balaban J connectivity index is 1.87. The minimum Gasteiger partial charge on any atom is -0.361 e. The summed E-state index contributed by atoms with van der Waals surface area (Å²) in [5.41, 5.74) is 3.72. The lowest BCUT2D eigenvalue weighted by Gasteiger charge is -2.11. The van der Waals surface area contributed by atoms with E-state index in [2.05, 4.69) is 15.5 Å². The van der Waals surface area contributed by atoms with Crippen molar-refractivity contribution in [3.63, 3.8) is 0 Å². The van der Waals surface area contributed by atoms with E-state index in [1.54, 1.807) is 19.1 Å². The van der Waals surface area contributed by atoms with Crippen LogP contribution in [0.25, 0.3) is 10.9 Å². The van der Waals surface area contributed by atoms with Crippen molar-refractivity contribution in [2.45, 2.75) is 40.0 Å². The summed E-state index contributed by atoms with van der Waals surface area (Å²) in [5, 5.41) is 7.71. The molecule has 0 atom stereocenters. The first kappa shape index (κ1) is 17.0. The van der Waals surface area contributed by atoms with Crippen LogP contribution >= 0.6 is 0 Å². The van der Waals surface area contributed by atoms with E-state index in [0.717, 1.165) is 22.2 Å². The number of aromatic nitrogens is 2. The lowest BCUT2D eigenvalue weighted by atomic mass is 9.99. The molecule has 2 aromatic heterocycles. The molecule has 0 aliphatic heterocycles. The summed E-state index contributed by atoms with van der Waals surface area (Å²) in [6, 6.07) is 7.18. The molecule has 3 rings (SSSR count). The zero-order valence-electron chi connectivity index (χ0n) is 14.8. The molecule has 2 heterocycles. The number of aromatic amines is 1. The van der Waals surface area contributed by atoms with Crippen LogP contribution in [0.2, 0.25) is 0 Å². The number of carbonyl (C=O) groups is 1. The van der Waals surface area contributed by atoms with Gasteiger partial charge >= 0.3 is 0 Å². The molecule has 1 aromatic carbocycles. The summed E-state index contributed by atoms with van der Waals surface area (Å²) in [5.74, 6) is 0.734. The Morgan fingerprint density at radius 3 is 2.68 bits per heavy atom. The number of benzene rings is 1. The lowest BCUT2D eigenvalue weighted by molar-refractivity contribution is -0.115. The fourth-order valence-corrected chi connectivity index (χ4v) is 2.96. The highest BCUT2D eigenvalue weighted by atomic mass is 16.5. The molecular formula is C19H21N3O3. The summed E-state index contributed by atoms with van der Waals surface area (Å²) in [7, 11) is 0. The summed E-state index contributed by atoms with van der Waals surface area (Å²) in [6.45, 7) is 7.70. The summed E-state index contributed by atoms with van der Waals surface area (Å²) < 4.78 is 5.08. The van der Waals surface area contributed by atoms with Crippen LogP contribution in [0.15, 0.2) is 33.6 Å². The lowest BCUT2D eigenvalue weighted by Crippen LogP contribution is -2.15. The molecular weight excluding hydrogens is 318 g/mol. The second-order valence-electron chi connectivity index (χ2n) is 6.53. The van der Waals surface area contributed by atoms with Gasteiger partial charge < -0.3 is 14.8 Å². The van der Waals surface area contributed by atoms with Gasteiger partial charge in [-0.05, 0) is 37.5 Å². The van der Waals surface area contributed by atoms with Crippen molar-refractivity contribution in [1.82, 2.24) is 10.1 Å². The molecule has 0 aliphatic rings. The van der Waals surface area contributed by atoms with Crippen LogP contribution < -0.4 is 10.9 Å². The zero-order chi connectivity index (χ0) is 18.1. The number of nitrogens with zero attached hydrogens (tertiary/aromatic N) is 1. The molecule has 0 spiro atoms. The summed E-state index contributed by atoms with van der Waals surface area (Å²) in [4.78, 5) is 27.0. The molecule has 6 heteroatoms. The summed E-state index contributed by atoms with van der Waals surface area (Å²) >= 11 is 0. The minimum absolute atomic E-state index is 0.143. The maximum absolute atomic E-state index is 12.3. The number of hydrogen-bond acceptors (Lipinski definition) is 4. The first-order chi connectivity index (χ1) is 11.8. The van der Waals surface area contributed by atoms with Gasteiger partial charge in [0.25, 0.3) is 0 Å². The highest BCUT2D eigenvalue weighted by Crippen LogP contribution is 2.25. The number of anilines is 1. The average molecular weight is 339 g/mol. The Morgan fingerprint density at radius 2 is 2.04 bits per heavy atom. The number of pyridine rings is 1. The zero-order valence-corrected chi connectivity index (χ0v) is 14.8. The van der Waals surface area contributed by atoms with Crippen molar-refractivity contribution in [1.29, 1.82) is 0 Å². The van der Waals surface area contributed by atoms with Crippen molar-refractivity contribution >= 4 is 22.5 Å². The highest BCUT2D eigenvalue weighted by Gasteiger charge is 2.14. The summed E-state index contributed by atoms with van der Waals surface area (Å²) in [6.07, 6.45) is 0.196. The van der Waals surface area contributed by atoms with E-state index in [0.29, 0.717) is 17.0 Å². The number of fused-ring (bicyclic) bond motifs is 1. The van der Waals surface area contributed by atoms with Gasteiger partial charge in [0.05, 0.1) is 17.6 Å². The predicted molar refractivity (Wildman–Crippen MR) is 97.0 cm³/mol. The number of carbonyl (C=O) groups excluding carboxylic acids is 1. The number of aryl methyl sites for hydroxylation is 2. The number of amides is 1. The van der Waals surface area contributed by atoms with Crippen LogP contribution in [-0.2, 0) is 11.2 Å². The van der Waals surface area contributed by atoms with Gasteiger partial charge in [-0.2, -0.15) is 0 Å². The fourth-order valence-electron chi connectivity index (χ4n) is 2.96. The molecule has 0 fully saturated rings. The van der Waals surface area contributed by atoms with Crippen LogP contribution in [0.1, 0.15) is 42.3 Å². The van der Waals surface area contributed by atoms with E-state index in [-0.39, 0.29) is 23.8 Å². The molecule has 0 aliphatic carbocycles. The standard InChI is InChI=1S/C19H21N3O3/c1-10(2)15-8-19(24)21-17-7-13(5-6-14(15)17)20-18(23)9-16-11(3)22-25-12(16)4/h5-8,10H,9H2,1-4H3,(H,20,23)(H,21,24). The van der Waals surface area contributed by atoms with Crippen molar-refractivity contribution in [3.8, 4) is 0 Å². The van der Waals surface area contributed by atoms with Gasteiger partial charge in [-0.15, -0.1) is 0 Å². The van der Waals surface area contributed by atoms with E-state index >= 15 is 0 Å². The largest absolute Gasteiger partial charge is 0.361 e. The Kier molecular flexibility index (Phi) is 4.44. The third-order valence-corrected chi connectivity index (χ3v) is 4.30. The highest BCUT2D eigenvalue weighted by molar-refractivity contribution is 5.95. The Bertz CT molecular complexity index is 979. The molecule has 1 amide bonds. The Morgan fingerprint density at radius 1 is 1.28 bits per heavy atom. The second-order valence-corrected chi connectivity index (χ2v) is 6.53.